The molecule has 0 saturated carbocycles. The van der Waals surface area contributed by atoms with Crippen LogP contribution in [0.2, 0.25) is 0 Å². The van der Waals surface area contributed by atoms with E-state index < -0.39 is 0 Å². The van der Waals surface area contributed by atoms with Gasteiger partial charge < -0.3 is 10.1 Å². The normalized spacial score (nSPS) is 15.2. The number of rotatable bonds is 11. The van der Waals surface area contributed by atoms with E-state index in [1.54, 1.807) is 0 Å². The number of nitrogens with one attached hydrogen (secondary N) is 1. The standard InChI is InChI=1S/C15H33NO/c1-6-9-14(12-16-13(4)5)11-15(10-7-2)17-8-3/h13-16H,6-12H2,1-5H3. The molecule has 2 atom stereocenters. The van der Waals surface area contributed by atoms with Crippen LogP contribution in [0.5, 0.6) is 0 Å². The molecule has 2 unspecified atom stereocenters. The van der Waals surface area contributed by atoms with Crippen molar-refractivity contribution >= 4 is 0 Å². The highest BCUT2D eigenvalue weighted by Gasteiger charge is 2.15. The van der Waals surface area contributed by atoms with Gasteiger partial charge in [-0.3, -0.25) is 0 Å². The van der Waals surface area contributed by atoms with Crippen LogP contribution in [0.25, 0.3) is 0 Å². The van der Waals surface area contributed by atoms with Crippen molar-refractivity contribution in [2.45, 2.75) is 78.9 Å². The highest BCUT2D eigenvalue weighted by atomic mass is 16.5. The van der Waals surface area contributed by atoms with Gasteiger partial charge in [-0.25, -0.2) is 0 Å². The highest BCUT2D eigenvalue weighted by molar-refractivity contribution is 4.70. The van der Waals surface area contributed by atoms with Gasteiger partial charge in [-0.15, -0.1) is 0 Å². The Balaban J connectivity index is 4.07. The second kappa shape index (κ2) is 11.0. The third kappa shape index (κ3) is 9.61. The fourth-order valence-electron chi connectivity index (χ4n) is 2.31. The maximum Gasteiger partial charge on any atom is 0.0578 e. The fraction of sp³-hybridized carbons (Fsp3) is 1.00. The minimum absolute atomic E-state index is 0.468. The highest BCUT2D eigenvalue weighted by Crippen LogP contribution is 2.18. The minimum atomic E-state index is 0.468. The van der Waals surface area contributed by atoms with Crippen LogP contribution in [-0.4, -0.2) is 25.3 Å². The summed E-state index contributed by atoms with van der Waals surface area (Å²) in [7, 11) is 0. The van der Waals surface area contributed by atoms with E-state index in [1.807, 2.05) is 0 Å². The third-order valence-electron chi connectivity index (χ3n) is 3.12. The summed E-state index contributed by atoms with van der Waals surface area (Å²) in [4.78, 5) is 0. The van der Waals surface area contributed by atoms with Crippen LogP contribution in [0.4, 0.5) is 0 Å². The first kappa shape index (κ1) is 16.9. The van der Waals surface area contributed by atoms with Crippen LogP contribution in [-0.2, 0) is 4.74 Å². The monoisotopic (exact) mass is 243 g/mol. The molecule has 0 aliphatic carbocycles. The molecule has 1 N–H and O–H groups in total. The molecule has 0 heterocycles. The Morgan fingerprint density at radius 1 is 1.00 bits per heavy atom. The molecule has 0 rings (SSSR count). The number of ether oxygens (including phenoxy) is 1. The van der Waals surface area contributed by atoms with Crippen LogP contribution in [0, 0.1) is 5.92 Å². The lowest BCUT2D eigenvalue weighted by Gasteiger charge is -2.24. The SMILES string of the molecule is CCCC(CNC(C)C)CC(CCC)OCC. The quantitative estimate of drug-likeness (QED) is 0.592. The van der Waals surface area contributed by atoms with Crippen molar-refractivity contribution in [3.05, 3.63) is 0 Å². The molecule has 104 valence electrons. The van der Waals surface area contributed by atoms with Crippen LogP contribution >= 0.6 is 0 Å². The lowest BCUT2D eigenvalue weighted by molar-refractivity contribution is 0.0370. The second-order valence-corrected chi connectivity index (χ2v) is 5.32. The zero-order chi connectivity index (χ0) is 13.1. The van der Waals surface area contributed by atoms with Gasteiger partial charge in [-0.2, -0.15) is 0 Å². The smallest absolute Gasteiger partial charge is 0.0578 e. The van der Waals surface area contributed by atoms with Crippen LogP contribution in [0.15, 0.2) is 0 Å². The molecule has 0 fully saturated rings. The lowest BCUT2D eigenvalue weighted by Crippen LogP contribution is -2.31. The lowest BCUT2D eigenvalue weighted by atomic mass is 9.94. The third-order valence-corrected chi connectivity index (χ3v) is 3.12. The molecule has 0 spiro atoms. The molecule has 0 aromatic rings. The summed E-state index contributed by atoms with van der Waals surface area (Å²) in [5.41, 5.74) is 0. The molecular formula is C15H33NO. The average molecular weight is 243 g/mol. The van der Waals surface area contributed by atoms with E-state index in [2.05, 4.69) is 39.9 Å². The van der Waals surface area contributed by atoms with Crippen molar-refractivity contribution in [2.75, 3.05) is 13.2 Å². The summed E-state index contributed by atoms with van der Waals surface area (Å²) in [6.45, 7) is 13.0. The molecule has 17 heavy (non-hydrogen) atoms. The van der Waals surface area contributed by atoms with Gasteiger partial charge >= 0.3 is 0 Å². The molecule has 0 aliphatic heterocycles. The van der Waals surface area contributed by atoms with Gasteiger partial charge in [0, 0.05) is 12.6 Å². The molecule has 2 nitrogen and oxygen atoms in total. The van der Waals surface area contributed by atoms with Crippen molar-refractivity contribution in [3.63, 3.8) is 0 Å². The summed E-state index contributed by atoms with van der Waals surface area (Å²) in [5.74, 6) is 0.769. The second-order valence-electron chi connectivity index (χ2n) is 5.32. The first-order valence-corrected chi connectivity index (χ1v) is 7.48. The van der Waals surface area contributed by atoms with E-state index in [1.165, 1.54) is 32.1 Å². The molecule has 0 aromatic carbocycles. The van der Waals surface area contributed by atoms with Crippen LogP contribution < -0.4 is 5.32 Å². The van der Waals surface area contributed by atoms with Crippen molar-refractivity contribution in [3.8, 4) is 0 Å². The molecule has 0 saturated heterocycles. The molecule has 0 radical (unpaired) electrons. The number of hydrogen-bond acceptors (Lipinski definition) is 2. The molecule has 0 aliphatic rings. The zero-order valence-corrected chi connectivity index (χ0v) is 12.6. The molecule has 2 heteroatoms. The predicted molar refractivity (Wildman–Crippen MR) is 76.5 cm³/mol. The van der Waals surface area contributed by atoms with E-state index in [9.17, 15) is 0 Å². The fourth-order valence-corrected chi connectivity index (χ4v) is 2.31. The van der Waals surface area contributed by atoms with Gasteiger partial charge in [0.15, 0.2) is 0 Å². The maximum absolute atomic E-state index is 5.84. The summed E-state index contributed by atoms with van der Waals surface area (Å²) < 4.78 is 5.84. The van der Waals surface area contributed by atoms with E-state index >= 15 is 0 Å². The molecule has 0 bridgehead atoms. The van der Waals surface area contributed by atoms with Gasteiger partial charge in [0.1, 0.15) is 0 Å². The van der Waals surface area contributed by atoms with Gasteiger partial charge in [0.2, 0.25) is 0 Å². The summed E-state index contributed by atoms with van der Waals surface area (Å²) >= 11 is 0. The first-order valence-electron chi connectivity index (χ1n) is 7.48. The Bertz CT molecular complexity index is 153. The maximum atomic E-state index is 5.84. The first-order chi connectivity index (χ1) is 8.13. The minimum Gasteiger partial charge on any atom is -0.378 e. The van der Waals surface area contributed by atoms with Gasteiger partial charge in [0.25, 0.3) is 0 Å². The van der Waals surface area contributed by atoms with E-state index in [0.29, 0.717) is 12.1 Å². The van der Waals surface area contributed by atoms with Crippen molar-refractivity contribution in [1.29, 1.82) is 0 Å². The number of hydrogen-bond donors (Lipinski definition) is 1. The van der Waals surface area contributed by atoms with E-state index in [4.69, 9.17) is 4.74 Å². The average Bonchev–Trinajstić information content (AvgIpc) is 2.27. The van der Waals surface area contributed by atoms with Crippen molar-refractivity contribution < 1.29 is 4.74 Å². The Kier molecular flexibility index (Phi) is 11.0. The van der Waals surface area contributed by atoms with E-state index in [-0.39, 0.29) is 0 Å². The Labute approximate surface area is 109 Å². The summed E-state index contributed by atoms with van der Waals surface area (Å²) in [6, 6.07) is 0.589. The van der Waals surface area contributed by atoms with Crippen LogP contribution in [0.3, 0.4) is 0 Å². The van der Waals surface area contributed by atoms with Crippen LogP contribution in [0.1, 0.15) is 66.7 Å². The van der Waals surface area contributed by atoms with E-state index in [0.717, 1.165) is 19.1 Å². The zero-order valence-electron chi connectivity index (χ0n) is 12.6. The molecule has 0 aromatic heterocycles. The van der Waals surface area contributed by atoms with Gasteiger partial charge in [-0.05, 0) is 38.6 Å². The summed E-state index contributed by atoms with van der Waals surface area (Å²) in [6.07, 6.45) is 6.70. The Morgan fingerprint density at radius 2 is 1.65 bits per heavy atom. The Morgan fingerprint density at radius 3 is 2.12 bits per heavy atom. The largest absolute Gasteiger partial charge is 0.378 e. The summed E-state index contributed by atoms with van der Waals surface area (Å²) in [5, 5.41) is 3.56. The molecular weight excluding hydrogens is 210 g/mol. The Hall–Kier alpha value is -0.0800. The van der Waals surface area contributed by atoms with Gasteiger partial charge in [0.05, 0.1) is 6.10 Å². The van der Waals surface area contributed by atoms with Crippen molar-refractivity contribution in [2.24, 2.45) is 5.92 Å². The molecule has 0 amide bonds. The predicted octanol–water partition coefficient (Wildman–Crippen LogP) is 4.00. The van der Waals surface area contributed by atoms with Gasteiger partial charge in [-0.1, -0.05) is 40.5 Å². The topological polar surface area (TPSA) is 21.3 Å². The van der Waals surface area contributed by atoms with Crippen molar-refractivity contribution in [1.82, 2.24) is 5.32 Å².